The lowest BCUT2D eigenvalue weighted by atomic mass is 10.2. The molecule has 0 atom stereocenters. The molecule has 1 aromatic heterocycles. The van der Waals surface area contributed by atoms with Gasteiger partial charge in [-0.3, -0.25) is 4.57 Å². The van der Waals surface area contributed by atoms with Crippen molar-refractivity contribution in [2.24, 2.45) is 0 Å². The van der Waals surface area contributed by atoms with E-state index in [2.05, 4.69) is 4.98 Å². The maximum Gasteiger partial charge on any atom is 0.412 e. The maximum atomic E-state index is 13.4. The zero-order valence-corrected chi connectivity index (χ0v) is 10.2. The van der Waals surface area contributed by atoms with Crippen LogP contribution in [0.15, 0.2) is 12.1 Å². The molecule has 3 rings (SSSR count). The summed E-state index contributed by atoms with van der Waals surface area (Å²) < 4.78 is 53.7. The quantitative estimate of drug-likeness (QED) is 0.818. The molecule has 1 aliphatic rings. The molecule has 1 aliphatic carbocycles. The van der Waals surface area contributed by atoms with Gasteiger partial charge in [-0.25, -0.2) is 9.37 Å². The van der Waals surface area contributed by atoms with E-state index in [9.17, 15) is 17.6 Å². The third-order valence-corrected chi connectivity index (χ3v) is 3.69. The number of aromatic nitrogens is 2. The largest absolute Gasteiger partial charge is 0.412 e. The van der Waals surface area contributed by atoms with E-state index in [0.29, 0.717) is 0 Å². The van der Waals surface area contributed by atoms with Crippen molar-refractivity contribution in [2.75, 3.05) is 5.73 Å². The van der Waals surface area contributed by atoms with Gasteiger partial charge in [-0.2, -0.15) is 13.2 Å². The molecule has 1 aromatic carbocycles. The van der Waals surface area contributed by atoms with Gasteiger partial charge in [-0.15, -0.1) is 0 Å². The van der Waals surface area contributed by atoms with Crippen molar-refractivity contribution < 1.29 is 17.6 Å². The van der Waals surface area contributed by atoms with Gasteiger partial charge < -0.3 is 5.73 Å². The number of rotatable bonds is 1. The van der Waals surface area contributed by atoms with Crippen LogP contribution in [0.1, 0.15) is 12.8 Å². The Morgan fingerprint density at radius 2 is 1.95 bits per heavy atom. The number of nitrogens with two attached hydrogens (primary N) is 1. The highest BCUT2D eigenvalue weighted by molar-refractivity contribution is 6.31. The molecule has 1 fully saturated rings. The van der Waals surface area contributed by atoms with E-state index in [4.69, 9.17) is 17.3 Å². The molecule has 0 amide bonds. The van der Waals surface area contributed by atoms with Gasteiger partial charge in [0.1, 0.15) is 11.4 Å². The van der Waals surface area contributed by atoms with E-state index in [1.807, 2.05) is 0 Å². The number of anilines is 1. The molecule has 8 heteroatoms. The second-order valence-electron chi connectivity index (χ2n) is 4.59. The minimum absolute atomic E-state index is 0.00854. The summed E-state index contributed by atoms with van der Waals surface area (Å²) in [6.45, 7) is 0. The van der Waals surface area contributed by atoms with Crippen molar-refractivity contribution in [3.63, 3.8) is 0 Å². The van der Waals surface area contributed by atoms with Crippen molar-refractivity contribution in [2.45, 2.75) is 24.6 Å². The number of fused-ring (bicyclic) bond motifs is 1. The minimum Gasteiger partial charge on any atom is -0.369 e. The van der Waals surface area contributed by atoms with Crippen LogP contribution in [0.3, 0.4) is 0 Å². The van der Waals surface area contributed by atoms with Crippen LogP contribution in [0.5, 0.6) is 0 Å². The Bertz CT molecular complexity index is 673. The number of nitrogen functional groups attached to an aromatic ring is 1. The average molecular weight is 294 g/mol. The number of hydrogen-bond acceptors (Lipinski definition) is 2. The summed E-state index contributed by atoms with van der Waals surface area (Å²) in [7, 11) is 0. The smallest absolute Gasteiger partial charge is 0.369 e. The van der Waals surface area contributed by atoms with Crippen LogP contribution in [-0.2, 0) is 5.54 Å². The third kappa shape index (κ3) is 1.60. The summed E-state index contributed by atoms with van der Waals surface area (Å²) in [5.41, 5.74) is 3.66. The number of imidazole rings is 1. The van der Waals surface area contributed by atoms with Crippen molar-refractivity contribution in [1.29, 1.82) is 0 Å². The molecule has 19 heavy (non-hydrogen) atoms. The number of alkyl halides is 3. The Labute approximate surface area is 110 Å². The monoisotopic (exact) mass is 293 g/mol. The molecule has 0 spiro atoms. The number of hydrogen-bond donors (Lipinski definition) is 1. The van der Waals surface area contributed by atoms with Crippen LogP contribution in [0, 0.1) is 5.82 Å². The lowest BCUT2D eigenvalue weighted by molar-refractivity contribution is -0.178. The van der Waals surface area contributed by atoms with Crippen molar-refractivity contribution in [3.05, 3.63) is 23.0 Å². The van der Waals surface area contributed by atoms with E-state index in [-0.39, 0.29) is 34.8 Å². The van der Waals surface area contributed by atoms with E-state index in [1.54, 1.807) is 0 Å². The lowest BCUT2D eigenvalue weighted by Crippen LogP contribution is -2.35. The maximum absolute atomic E-state index is 13.4. The van der Waals surface area contributed by atoms with Crippen LogP contribution in [0.25, 0.3) is 11.0 Å². The van der Waals surface area contributed by atoms with E-state index in [1.165, 1.54) is 6.07 Å². The van der Waals surface area contributed by atoms with E-state index in [0.717, 1.165) is 10.6 Å². The highest BCUT2D eigenvalue weighted by Gasteiger charge is 2.66. The molecule has 2 aromatic rings. The first-order valence-electron chi connectivity index (χ1n) is 5.46. The first-order chi connectivity index (χ1) is 8.76. The number of halogens is 5. The van der Waals surface area contributed by atoms with Gasteiger partial charge in [0.05, 0.1) is 16.1 Å². The Morgan fingerprint density at radius 3 is 2.47 bits per heavy atom. The van der Waals surface area contributed by atoms with Gasteiger partial charge in [0.25, 0.3) is 0 Å². The second kappa shape index (κ2) is 3.53. The van der Waals surface area contributed by atoms with Crippen molar-refractivity contribution >= 4 is 28.6 Å². The molecule has 0 unspecified atom stereocenters. The van der Waals surface area contributed by atoms with Gasteiger partial charge in [-0.05, 0) is 18.9 Å². The molecule has 2 N–H and O–H groups in total. The first-order valence-corrected chi connectivity index (χ1v) is 5.84. The molecule has 0 bridgehead atoms. The van der Waals surface area contributed by atoms with Crippen LogP contribution in [-0.4, -0.2) is 15.7 Å². The summed E-state index contributed by atoms with van der Waals surface area (Å²) in [5, 5.41) is -0.200. The van der Waals surface area contributed by atoms with Gasteiger partial charge in [0, 0.05) is 6.07 Å². The van der Waals surface area contributed by atoms with Crippen molar-refractivity contribution in [3.8, 4) is 0 Å². The fourth-order valence-corrected chi connectivity index (χ4v) is 2.45. The molecule has 0 radical (unpaired) electrons. The average Bonchev–Trinajstić information content (AvgIpc) is 3.01. The molecular weight excluding hydrogens is 286 g/mol. The molecule has 0 aliphatic heterocycles. The predicted molar refractivity (Wildman–Crippen MR) is 62.4 cm³/mol. The molecule has 0 saturated heterocycles. The molecule has 1 heterocycles. The Hall–Kier alpha value is -1.50. The third-order valence-electron chi connectivity index (χ3n) is 3.40. The normalized spacial score (nSPS) is 17.9. The lowest BCUT2D eigenvalue weighted by Gasteiger charge is -2.22. The summed E-state index contributed by atoms with van der Waals surface area (Å²) >= 11 is 5.58. The zero-order valence-electron chi connectivity index (χ0n) is 9.43. The summed E-state index contributed by atoms with van der Waals surface area (Å²) in [5.74, 6) is -1.08. The summed E-state index contributed by atoms with van der Waals surface area (Å²) in [6.07, 6.45) is -4.63. The Balaban J connectivity index is 2.31. The minimum atomic E-state index is -4.45. The zero-order chi connectivity index (χ0) is 14.0. The first kappa shape index (κ1) is 12.5. The van der Waals surface area contributed by atoms with Crippen LogP contribution in [0.4, 0.5) is 23.5 Å². The summed E-state index contributed by atoms with van der Waals surface area (Å²) in [6, 6.07) is 2.11. The van der Waals surface area contributed by atoms with Gasteiger partial charge in [0.2, 0.25) is 5.95 Å². The fraction of sp³-hybridized carbons (Fsp3) is 0.364. The summed E-state index contributed by atoms with van der Waals surface area (Å²) in [4.78, 5) is 3.82. The van der Waals surface area contributed by atoms with Gasteiger partial charge in [-0.1, -0.05) is 11.6 Å². The van der Waals surface area contributed by atoms with E-state index >= 15 is 0 Å². The van der Waals surface area contributed by atoms with Crippen molar-refractivity contribution in [1.82, 2.24) is 9.55 Å². The number of nitrogens with zero attached hydrogens (tertiary/aromatic N) is 2. The van der Waals surface area contributed by atoms with Crippen LogP contribution < -0.4 is 5.73 Å². The molecule has 1 saturated carbocycles. The predicted octanol–water partition coefficient (Wildman–Crippen LogP) is 3.46. The standard InChI is InChI=1S/C11H8ClF4N3/c12-5-3-7-8(4-6(5)13)19(9(17)18-7)10(1-2-10)11(14,15)16/h3-4H,1-2H2,(H2,17,18). The van der Waals surface area contributed by atoms with Gasteiger partial charge in [0.15, 0.2) is 0 Å². The number of benzene rings is 1. The van der Waals surface area contributed by atoms with Crippen LogP contribution in [0.2, 0.25) is 5.02 Å². The second-order valence-corrected chi connectivity index (χ2v) is 5.00. The van der Waals surface area contributed by atoms with E-state index < -0.39 is 17.5 Å². The van der Waals surface area contributed by atoms with Gasteiger partial charge >= 0.3 is 6.18 Å². The molecular formula is C11H8ClF4N3. The Kier molecular flexibility index (Phi) is 2.33. The topological polar surface area (TPSA) is 43.8 Å². The molecule has 102 valence electrons. The highest BCUT2D eigenvalue weighted by atomic mass is 35.5. The van der Waals surface area contributed by atoms with Crippen LogP contribution >= 0.6 is 11.6 Å². The SMILES string of the molecule is Nc1nc2cc(Cl)c(F)cc2n1C1(C(F)(F)F)CC1. The molecule has 3 nitrogen and oxygen atoms in total. The Morgan fingerprint density at radius 1 is 1.32 bits per heavy atom. The highest BCUT2D eigenvalue weighted by Crippen LogP contribution is 2.57. The fourth-order valence-electron chi connectivity index (χ4n) is 2.29.